The van der Waals surface area contributed by atoms with E-state index in [1.54, 1.807) is 37.4 Å². The number of rotatable bonds is 10. The minimum atomic E-state index is -4.43. The molecule has 0 amide bonds. The third-order valence-electron chi connectivity index (χ3n) is 13.5. The van der Waals surface area contributed by atoms with E-state index in [0.29, 0.717) is 52.8 Å². The molecule has 89 heavy (non-hydrogen) atoms. The molecule has 11 rings (SSSR count). The zero-order valence-electron chi connectivity index (χ0n) is 49.9. The number of anilines is 6. The minimum absolute atomic E-state index is 0.0128. The lowest BCUT2D eigenvalue weighted by molar-refractivity contribution is -0.137. The molecule has 0 aliphatic carbocycles. The Hall–Kier alpha value is -10.0. The van der Waals surface area contributed by atoms with Gasteiger partial charge in [0.25, 0.3) is 0 Å². The fourth-order valence-corrected chi connectivity index (χ4v) is 9.12. The molecule has 0 radical (unpaired) electrons. The van der Waals surface area contributed by atoms with Gasteiger partial charge in [0.15, 0.2) is 5.82 Å². The molecule has 0 bridgehead atoms. The highest BCUT2D eigenvalue weighted by molar-refractivity contribution is 6.31. The minimum Gasteiger partial charge on any atom is -0.373 e. The maximum absolute atomic E-state index is 13.8. The van der Waals surface area contributed by atoms with Crippen LogP contribution in [-0.2, 0) is 38.9 Å². The van der Waals surface area contributed by atoms with Crippen molar-refractivity contribution in [2.24, 2.45) is 7.05 Å². The Balaban J connectivity index is 0.000000159. The van der Waals surface area contributed by atoms with E-state index in [4.69, 9.17) is 51.9 Å². The highest BCUT2D eigenvalue weighted by Gasteiger charge is 2.34. The molecule has 6 heterocycles. The number of nitrogens with zero attached hydrogens (tertiary/aromatic N) is 12. The van der Waals surface area contributed by atoms with Gasteiger partial charge in [-0.2, -0.15) is 23.3 Å². The van der Waals surface area contributed by atoms with Crippen LogP contribution in [0.1, 0.15) is 67.2 Å². The maximum Gasteiger partial charge on any atom is 0.417 e. The first kappa shape index (κ1) is 66.5. The monoisotopic (exact) mass is 1250 g/mol. The van der Waals surface area contributed by atoms with Crippen LogP contribution in [0.2, 0.25) is 10.0 Å². The van der Waals surface area contributed by atoms with Crippen molar-refractivity contribution in [2.45, 2.75) is 73.4 Å². The topological polar surface area (TPSA) is 289 Å². The summed E-state index contributed by atoms with van der Waals surface area (Å²) in [4.78, 5) is 41.0. The van der Waals surface area contributed by atoms with Gasteiger partial charge in [0.1, 0.15) is 11.6 Å². The van der Waals surface area contributed by atoms with Crippen molar-refractivity contribution < 1.29 is 22.0 Å². The molecule has 18 nitrogen and oxygen atoms in total. The van der Waals surface area contributed by atoms with Gasteiger partial charge in [-0.15, -0.1) is 0 Å². The predicted octanol–water partition coefficient (Wildman–Crippen LogP) is 14.0. The van der Waals surface area contributed by atoms with E-state index in [9.17, 15) is 22.0 Å². The summed E-state index contributed by atoms with van der Waals surface area (Å²) in [5.74, 6) is 0.639. The fraction of sp³-hybridized carbons (Fsp3) is 0.203. The number of nitrogens with one attached hydrogen (secondary N) is 1. The highest BCUT2D eigenvalue weighted by atomic mass is 35.5. The molecule has 0 fully saturated rings. The number of fused-ring (bicyclic) bond motifs is 1. The smallest absolute Gasteiger partial charge is 0.373 e. The molecule has 5 aromatic carbocycles. The van der Waals surface area contributed by atoms with Crippen molar-refractivity contribution in [3.05, 3.63) is 195 Å². The second-order valence-corrected chi connectivity index (χ2v) is 20.4. The van der Waals surface area contributed by atoms with Crippen LogP contribution in [0, 0.1) is 25.5 Å². The van der Waals surface area contributed by atoms with Crippen LogP contribution in [0.25, 0.3) is 67.2 Å². The second-order valence-electron chi connectivity index (χ2n) is 19.6. The first-order valence-corrected chi connectivity index (χ1v) is 28.6. The van der Waals surface area contributed by atoms with Gasteiger partial charge >= 0.3 is 6.18 Å². The second kappa shape index (κ2) is 30.1. The maximum atomic E-state index is 13.8. The van der Waals surface area contributed by atoms with Crippen LogP contribution in [-0.4, -0.2) is 66.7 Å². The summed E-state index contributed by atoms with van der Waals surface area (Å²) in [6.07, 6.45) is 0.306. The molecule has 0 aliphatic rings. The van der Waals surface area contributed by atoms with Crippen LogP contribution >= 0.6 is 23.2 Å². The van der Waals surface area contributed by atoms with E-state index < -0.39 is 23.4 Å². The third kappa shape index (κ3) is 17.4. The lowest BCUT2D eigenvalue weighted by Crippen LogP contribution is -2.08. The number of alkyl halides is 3. The molecule has 0 unspecified atom stereocenters. The van der Waals surface area contributed by atoms with Crippen molar-refractivity contribution in [1.82, 2.24) is 59.6 Å². The SMILES string of the molecule is CCc1cc(-c2ccc(Cl)c(F)c2)nc(N)n1.CCc1cc(-c2cccc(C)c2C)nc(N)n1.CCc1cc(-c2cccc(Cl)c2F)nc(N)n1.CCc1cc(-c2ccccc2C(F)(F)F)nc(N)n1.CNc1cc(-c2cccc3c2cnn3C)nc(N)n1. The summed E-state index contributed by atoms with van der Waals surface area (Å²) >= 11 is 11.4. The van der Waals surface area contributed by atoms with E-state index in [2.05, 4.69) is 93.2 Å². The van der Waals surface area contributed by atoms with Crippen LogP contribution in [0.4, 0.5) is 57.5 Å². The van der Waals surface area contributed by atoms with Gasteiger partial charge in [0.05, 0.1) is 55.8 Å². The summed E-state index contributed by atoms with van der Waals surface area (Å²) in [6.45, 7) is 12.0. The molecule has 460 valence electrons. The van der Waals surface area contributed by atoms with E-state index in [-0.39, 0.29) is 45.1 Å². The van der Waals surface area contributed by atoms with Gasteiger partial charge in [0.2, 0.25) is 29.7 Å². The number of nitrogen functional groups attached to an aromatic ring is 5. The first-order chi connectivity index (χ1) is 42.4. The Labute approximate surface area is 521 Å². The Morgan fingerprint density at radius 2 is 0.933 bits per heavy atom. The van der Waals surface area contributed by atoms with Crippen molar-refractivity contribution in [3.8, 4) is 56.3 Å². The number of benzene rings is 5. The Bertz CT molecular complexity index is 4160. The van der Waals surface area contributed by atoms with Crippen molar-refractivity contribution in [3.63, 3.8) is 0 Å². The van der Waals surface area contributed by atoms with E-state index >= 15 is 0 Å². The Morgan fingerprint density at radius 3 is 1.47 bits per heavy atom. The van der Waals surface area contributed by atoms with Gasteiger partial charge in [0, 0.05) is 76.1 Å². The predicted molar refractivity (Wildman–Crippen MR) is 345 cm³/mol. The molecule has 0 saturated carbocycles. The largest absolute Gasteiger partial charge is 0.417 e. The van der Waals surface area contributed by atoms with Crippen LogP contribution in [0.3, 0.4) is 0 Å². The number of nitrogens with two attached hydrogens (primary N) is 5. The summed E-state index contributed by atoms with van der Waals surface area (Å²) in [7, 11) is 3.72. The first-order valence-electron chi connectivity index (χ1n) is 27.8. The number of aryl methyl sites for hydroxylation is 6. The molecular formula is C64H65Cl2F5N18. The van der Waals surface area contributed by atoms with Crippen molar-refractivity contribution in [1.29, 1.82) is 0 Å². The molecule has 0 atom stereocenters. The molecule has 0 spiro atoms. The van der Waals surface area contributed by atoms with E-state index in [1.807, 2.05) is 75.1 Å². The van der Waals surface area contributed by atoms with Gasteiger partial charge in [-0.25, -0.2) is 53.6 Å². The zero-order valence-corrected chi connectivity index (χ0v) is 51.4. The fourth-order valence-electron chi connectivity index (χ4n) is 8.83. The number of halogens is 7. The van der Waals surface area contributed by atoms with E-state index in [0.717, 1.165) is 69.4 Å². The highest BCUT2D eigenvalue weighted by Crippen LogP contribution is 2.37. The summed E-state index contributed by atoms with van der Waals surface area (Å²) in [6, 6.07) is 35.7. The summed E-state index contributed by atoms with van der Waals surface area (Å²) in [5.41, 5.74) is 40.3. The molecule has 11 N–H and O–H groups in total. The summed E-state index contributed by atoms with van der Waals surface area (Å²) < 4.78 is 67.8. The van der Waals surface area contributed by atoms with Gasteiger partial charge < -0.3 is 34.0 Å². The zero-order chi connectivity index (χ0) is 64.7. The van der Waals surface area contributed by atoms with Gasteiger partial charge in [-0.1, -0.05) is 112 Å². The molecule has 6 aromatic heterocycles. The Morgan fingerprint density at radius 1 is 0.483 bits per heavy atom. The molecule has 11 aromatic rings. The lowest BCUT2D eigenvalue weighted by atomic mass is 10.0. The van der Waals surface area contributed by atoms with Crippen LogP contribution in [0.15, 0.2) is 134 Å². The average molecular weight is 1250 g/mol. The van der Waals surface area contributed by atoms with Crippen molar-refractivity contribution >= 4 is 69.7 Å². The molecule has 25 heteroatoms. The summed E-state index contributed by atoms with van der Waals surface area (Å²) in [5, 5.41) is 8.46. The van der Waals surface area contributed by atoms with Gasteiger partial charge in [-0.05, 0) is 111 Å². The van der Waals surface area contributed by atoms with E-state index in [1.165, 1.54) is 53.6 Å². The molecular weight excluding hydrogens is 1190 g/mol. The average Bonchev–Trinajstić information content (AvgIpc) is 2.01. The molecule has 0 aliphatic heterocycles. The number of aromatic nitrogens is 12. The Kier molecular flexibility index (Phi) is 22.5. The standard InChI is InChI=1S/C14H17N3.C13H12F3N3.C13H14N6.2C12H11ClFN3/c1-4-11-8-13(17-14(15)16-11)12-7-5-6-9(2)10(12)3;1-2-8-7-11(19-12(17)18-8)9-5-3-4-6-10(9)13(14,15)16;1-15-12-6-10(17-13(14)18-12)8-4-3-5-11-9(8)7-16-19(11)2;1-2-8-6-11(17-12(15)16-8)7-3-4-9(13)10(14)5-7;1-2-7-6-10(17-12(15)16-7)8-4-3-5-9(13)11(8)14/h5-8H,4H2,1-3H3,(H2,15,16,17);3-7H,2H2,1H3,(H2,17,18,19);3-7H,1-2H3,(H3,14,15,17,18);2*3-6H,2H2,1H3,(H2,15,16,17). The van der Waals surface area contributed by atoms with Crippen LogP contribution < -0.4 is 34.0 Å². The normalized spacial score (nSPS) is 10.8. The van der Waals surface area contributed by atoms with Crippen LogP contribution in [0.5, 0.6) is 0 Å². The third-order valence-corrected chi connectivity index (χ3v) is 14.1. The van der Waals surface area contributed by atoms with Gasteiger partial charge in [-0.3, -0.25) is 4.68 Å². The van der Waals surface area contributed by atoms with Crippen molar-refractivity contribution in [2.75, 3.05) is 41.0 Å². The molecule has 0 saturated heterocycles. The lowest BCUT2D eigenvalue weighted by Gasteiger charge is -2.12. The quantitative estimate of drug-likeness (QED) is 0.0694. The number of hydrogen-bond donors (Lipinski definition) is 6. The number of hydrogen-bond acceptors (Lipinski definition) is 17.